The van der Waals surface area contributed by atoms with Crippen molar-refractivity contribution >= 4 is 28.8 Å². The van der Waals surface area contributed by atoms with Crippen LogP contribution in [0.15, 0.2) is 99.5 Å². The Morgan fingerprint density at radius 1 is 0.884 bits per heavy atom. The number of fused-ring (bicyclic) bond motifs is 2. The molecule has 1 aliphatic carbocycles. The molecule has 0 fully saturated rings. The second kappa shape index (κ2) is 13.5. The molecule has 0 spiro atoms. The smallest absolute Gasteiger partial charge is 0.203 e. The molecule has 0 aromatic heterocycles. The first kappa shape index (κ1) is 29.7. The van der Waals surface area contributed by atoms with Crippen molar-refractivity contribution in [2.24, 2.45) is 10.2 Å². The van der Waals surface area contributed by atoms with E-state index in [1.165, 1.54) is 10.6 Å². The van der Waals surface area contributed by atoms with Crippen LogP contribution in [0.1, 0.15) is 38.8 Å². The lowest BCUT2D eigenvalue weighted by Crippen LogP contribution is -3.06. The highest BCUT2D eigenvalue weighted by molar-refractivity contribution is 6.08. The number of ether oxygens (including phenoxy) is 1. The molecule has 3 aromatic rings. The summed E-state index contributed by atoms with van der Waals surface area (Å²) in [6.45, 7) is 12.4. The van der Waals surface area contributed by atoms with E-state index in [0.717, 1.165) is 76.3 Å². The van der Waals surface area contributed by atoms with E-state index in [4.69, 9.17) is 9.15 Å². The average Bonchev–Trinajstić information content (AvgIpc) is 3.05. The van der Waals surface area contributed by atoms with Crippen molar-refractivity contribution in [2.75, 3.05) is 33.3 Å². The zero-order valence-corrected chi connectivity index (χ0v) is 25.6. The maximum Gasteiger partial charge on any atom is 0.203 e. The predicted octanol–water partition coefficient (Wildman–Crippen LogP) is 4.72. The summed E-state index contributed by atoms with van der Waals surface area (Å²) in [6.07, 6.45) is 1.57. The van der Waals surface area contributed by atoms with E-state index in [-0.39, 0.29) is 0 Å². The summed E-state index contributed by atoms with van der Waals surface area (Å²) >= 11 is 0. The van der Waals surface area contributed by atoms with E-state index in [9.17, 15) is 5.11 Å². The number of hydrogen-bond donors (Lipinski definition) is 1. The largest absolute Gasteiger partial charge is 0.857 e. The molecule has 0 saturated heterocycles. The predicted molar refractivity (Wildman–Crippen MR) is 173 cm³/mol. The molecule has 43 heavy (non-hydrogen) atoms. The lowest BCUT2D eigenvalue weighted by Gasteiger charge is -2.21. The Morgan fingerprint density at radius 2 is 1.63 bits per heavy atom. The Balaban J connectivity index is 1.70. The van der Waals surface area contributed by atoms with Gasteiger partial charge in [0.25, 0.3) is 0 Å². The molecule has 5 rings (SSSR count). The van der Waals surface area contributed by atoms with Gasteiger partial charge in [-0.05, 0) is 86.8 Å². The fraction of sp³-hybridized carbons (Fsp3) is 0.250. The molecule has 3 aromatic carbocycles. The van der Waals surface area contributed by atoms with Gasteiger partial charge in [-0.25, -0.2) is 4.58 Å². The van der Waals surface area contributed by atoms with Gasteiger partial charge in [-0.1, -0.05) is 24.3 Å². The molecular formula is C36H39N4O3+. The van der Waals surface area contributed by atoms with Gasteiger partial charge in [-0.2, -0.15) is 10.2 Å². The van der Waals surface area contributed by atoms with Crippen molar-refractivity contribution in [2.45, 2.75) is 27.7 Å². The van der Waals surface area contributed by atoms with E-state index in [1.807, 2.05) is 48.5 Å². The summed E-state index contributed by atoms with van der Waals surface area (Å²) in [7, 11) is 1.62. The minimum Gasteiger partial charge on any atom is -0.857 e. The topological polar surface area (TPSA) is 77.6 Å². The SMILES string of the molecule is CC[N+](CC)=c1ccc2c(-c3ccccc3C([O-])=NN=Cc3ccc(OC)cc3)c3ccc([NH+](CC)CC)cc3oc-2c1. The van der Waals surface area contributed by atoms with Gasteiger partial charge in [0, 0.05) is 34.5 Å². The molecule has 0 radical (unpaired) electrons. The fourth-order valence-corrected chi connectivity index (χ4v) is 5.61. The van der Waals surface area contributed by atoms with E-state index in [0.29, 0.717) is 5.56 Å². The van der Waals surface area contributed by atoms with Crippen LogP contribution in [0.5, 0.6) is 5.75 Å². The normalized spacial score (nSPS) is 12.1. The summed E-state index contributed by atoms with van der Waals surface area (Å²) in [5, 5.41) is 23.7. The van der Waals surface area contributed by atoms with E-state index in [1.54, 1.807) is 13.3 Å². The lowest BCUT2D eigenvalue weighted by molar-refractivity contribution is -0.828. The minimum atomic E-state index is -0.411. The Hall–Kier alpha value is -4.75. The van der Waals surface area contributed by atoms with Crippen LogP contribution in [0.25, 0.3) is 33.4 Å². The first-order valence-electron chi connectivity index (χ1n) is 15.0. The number of rotatable bonds is 10. The molecule has 7 heteroatoms. The highest BCUT2D eigenvalue weighted by Crippen LogP contribution is 2.41. The molecule has 220 valence electrons. The number of nitrogens with one attached hydrogen (secondary N) is 1. The van der Waals surface area contributed by atoms with Crippen LogP contribution in [-0.2, 0) is 0 Å². The molecule has 1 aliphatic heterocycles. The Labute approximate surface area is 253 Å². The van der Waals surface area contributed by atoms with Crippen molar-refractivity contribution < 1.29 is 19.2 Å². The summed E-state index contributed by atoms with van der Waals surface area (Å²) < 4.78 is 14.1. The van der Waals surface area contributed by atoms with Gasteiger partial charge in [0.05, 0.1) is 32.5 Å². The summed E-state index contributed by atoms with van der Waals surface area (Å²) in [5.41, 5.74) is 5.94. The third kappa shape index (κ3) is 6.22. The van der Waals surface area contributed by atoms with E-state index in [2.05, 4.69) is 78.9 Å². The Kier molecular flexibility index (Phi) is 9.32. The quantitative estimate of drug-likeness (QED) is 0.0861. The highest BCUT2D eigenvalue weighted by Gasteiger charge is 2.21. The minimum absolute atomic E-state index is 0.411. The zero-order chi connectivity index (χ0) is 30.3. The van der Waals surface area contributed by atoms with Crippen molar-refractivity contribution in [1.82, 2.24) is 4.58 Å². The van der Waals surface area contributed by atoms with Crippen LogP contribution in [-0.4, -0.2) is 45.4 Å². The molecule has 2 aliphatic rings. The maximum absolute atomic E-state index is 13.5. The molecule has 0 amide bonds. The highest BCUT2D eigenvalue weighted by atomic mass is 16.5. The third-order valence-corrected chi connectivity index (χ3v) is 7.99. The second-order valence-corrected chi connectivity index (χ2v) is 10.3. The number of nitrogens with zero attached hydrogens (tertiary/aromatic N) is 3. The van der Waals surface area contributed by atoms with Crippen LogP contribution in [0.3, 0.4) is 0 Å². The number of benzene rings is 4. The Bertz CT molecular complexity index is 1810. The van der Waals surface area contributed by atoms with Gasteiger partial charge in [0.15, 0.2) is 0 Å². The van der Waals surface area contributed by atoms with Crippen molar-refractivity contribution in [3.63, 3.8) is 0 Å². The second-order valence-electron chi connectivity index (χ2n) is 10.3. The molecular weight excluding hydrogens is 536 g/mol. The van der Waals surface area contributed by atoms with Crippen molar-refractivity contribution in [3.8, 4) is 28.2 Å². The molecule has 1 N–H and O–H groups in total. The molecule has 0 unspecified atom stereocenters. The standard InChI is InChI=1S/C36H38N4O3/c1-6-39(7-2)26-16-20-31-33(22-26)43-34-23-27(40(8-3)9-4)17-21-32(34)35(31)29-12-10-11-13-30(29)36(41)38-37-24-25-14-18-28(42-5)19-15-25/h10-24H,6-9H2,1-5H3/p+1. The molecule has 7 nitrogen and oxygen atoms in total. The molecule has 0 saturated carbocycles. The number of quaternary nitrogens is 1. The van der Waals surface area contributed by atoms with Crippen molar-refractivity contribution in [3.05, 3.63) is 101 Å². The van der Waals surface area contributed by atoms with Gasteiger partial charge in [-0.15, -0.1) is 0 Å². The molecule has 0 bridgehead atoms. The average molecular weight is 576 g/mol. The fourth-order valence-electron chi connectivity index (χ4n) is 5.61. The van der Waals surface area contributed by atoms with E-state index >= 15 is 0 Å². The summed E-state index contributed by atoms with van der Waals surface area (Å²) in [6, 6.07) is 27.8. The van der Waals surface area contributed by atoms with Gasteiger partial charge >= 0.3 is 0 Å². The van der Waals surface area contributed by atoms with Crippen molar-refractivity contribution in [1.29, 1.82) is 0 Å². The maximum atomic E-state index is 13.5. The van der Waals surface area contributed by atoms with Gasteiger partial charge < -0.3 is 19.2 Å². The summed E-state index contributed by atoms with van der Waals surface area (Å²) in [5.74, 6) is 1.12. The van der Waals surface area contributed by atoms with Crippen LogP contribution < -0.4 is 24.7 Å². The van der Waals surface area contributed by atoms with Crippen LogP contribution in [0, 0.1) is 0 Å². The summed E-state index contributed by atoms with van der Waals surface area (Å²) in [4.78, 5) is 1.37. The third-order valence-electron chi connectivity index (χ3n) is 7.99. The number of hydrogen-bond acceptors (Lipinski definition) is 5. The number of methoxy groups -OCH3 is 1. The van der Waals surface area contributed by atoms with Gasteiger partial charge in [-0.3, -0.25) is 0 Å². The van der Waals surface area contributed by atoms with Gasteiger partial charge in [0.1, 0.15) is 35.9 Å². The zero-order valence-electron chi connectivity index (χ0n) is 25.6. The lowest BCUT2D eigenvalue weighted by atomic mass is 9.90. The Morgan fingerprint density at radius 3 is 2.33 bits per heavy atom. The van der Waals surface area contributed by atoms with Crippen LogP contribution >= 0.6 is 0 Å². The first-order valence-corrected chi connectivity index (χ1v) is 15.0. The van der Waals surface area contributed by atoms with Crippen LogP contribution in [0.4, 0.5) is 5.69 Å². The first-order chi connectivity index (χ1) is 21.0. The molecule has 1 heterocycles. The van der Waals surface area contributed by atoms with Gasteiger partial charge in [0.2, 0.25) is 5.36 Å². The molecule has 0 atom stereocenters. The monoisotopic (exact) mass is 575 g/mol. The van der Waals surface area contributed by atoms with Crippen LogP contribution in [0.2, 0.25) is 0 Å². The van der Waals surface area contributed by atoms with E-state index < -0.39 is 5.90 Å².